The molecule has 0 radical (unpaired) electrons. The Balaban J connectivity index is 1.96. The van der Waals surface area contributed by atoms with Gasteiger partial charge in [0.2, 0.25) is 0 Å². The Kier molecular flexibility index (Phi) is 3.58. The van der Waals surface area contributed by atoms with Gasteiger partial charge in [-0.25, -0.2) is 4.79 Å². The second kappa shape index (κ2) is 4.72. The van der Waals surface area contributed by atoms with Crippen LogP contribution in [0.3, 0.4) is 0 Å². The molecular weight excluding hydrogens is 228 g/mol. The van der Waals surface area contributed by atoms with E-state index in [1.807, 2.05) is 20.8 Å². The number of ether oxygens (including phenoxy) is 1. The van der Waals surface area contributed by atoms with Crippen molar-refractivity contribution in [1.82, 2.24) is 4.90 Å². The van der Waals surface area contributed by atoms with E-state index in [9.17, 15) is 4.79 Å². The van der Waals surface area contributed by atoms with Crippen LogP contribution in [0.25, 0.3) is 0 Å². The Morgan fingerprint density at radius 3 is 2.39 bits per heavy atom. The predicted octanol–water partition coefficient (Wildman–Crippen LogP) is 2.57. The molecule has 3 atom stereocenters. The maximum atomic E-state index is 12.1. The molecule has 0 aromatic rings. The van der Waals surface area contributed by atoms with E-state index in [1.54, 1.807) is 4.90 Å². The number of nitrogens with zero attached hydrogens (tertiary/aromatic N) is 1. The summed E-state index contributed by atoms with van der Waals surface area (Å²) < 4.78 is 5.41. The van der Waals surface area contributed by atoms with Crippen LogP contribution in [0.5, 0.6) is 0 Å². The number of amides is 1. The summed E-state index contributed by atoms with van der Waals surface area (Å²) in [7, 11) is 0. The van der Waals surface area contributed by atoms with Gasteiger partial charge < -0.3 is 10.5 Å². The third kappa shape index (κ3) is 2.97. The van der Waals surface area contributed by atoms with Crippen molar-refractivity contribution in [3.05, 3.63) is 0 Å². The molecule has 3 unspecified atom stereocenters. The number of likely N-dealkylation sites (tertiary alicyclic amines) is 1. The van der Waals surface area contributed by atoms with Crippen LogP contribution < -0.4 is 5.73 Å². The Bertz CT molecular complexity index is 320. The summed E-state index contributed by atoms with van der Waals surface area (Å²) in [4.78, 5) is 13.8. The molecule has 1 saturated carbocycles. The first kappa shape index (κ1) is 13.7. The first-order chi connectivity index (χ1) is 8.29. The first-order valence-electron chi connectivity index (χ1n) is 7.05. The third-order valence-corrected chi connectivity index (χ3v) is 4.13. The zero-order chi connectivity index (χ0) is 13.5. The fraction of sp³-hybridized carbons (Fsp3) is 0.929. The van der Waals surface area contributed by atoms with Gasteiger partial charge in [-0.1, -0.05) is 6.92 Å². The van der Waals surface area contributed by atoms with Crippen LogP contribution in [-0.4, -0.2) is 29.3 Å². The van der Waals surface area contributed by atoms with Crippen LogP contribution in [0.4, 0.5) is 4.79 Å². The van der Waals surface area contributed by atoms with E-state index < -0.39 is 5.60 Å². The van der Waals surface area contributed by atoms with E-state index in [0.717, 1.165) is 18.9 Å². The minimum Gasteiger partial charge on any atom is -0.444 e. The van der Waals surface area contributed by atoms with Crippen molar-refractivity contribution in [2.24, 2.45) is 23.5 Å². The normalized spacial score (nSPS) is 33.4. The van der Waals surface area contributed by atoms with Crippen molar-refractivity contribution in [1.29, 1.82) is 0 Å². The summed E-state index contributed by atoms with van der Waals surface area (Å²) in [5, 5.41) is 0. The lowest BCUT2D eigenvalue weighted by Crippen LogP contribution is -2.56. The van der Waals surface area contributed by atoms with Gasteiger partial charge in [0, 0.05) is 6.54 Å². The topological polar surface area (TPSA) is 55.6 Å². The van der Waals surface area contributed by atoms with Crippen molar-refractivity contribution >= 4 is 6.09 Å². The molecule has 1 amide bonds. The summed E-state index contributed by atoms with van der Waals surface area (Å²) in [6.07, 6.45) is 3.29. The molecule has 2 N–H and O–H groups in total. The number of rotatable bonds is 1. The molecule has 1 aliphatic heterocycles. The van der Waals surface area contributed by atoms with Gasteiger partial charge >= 0.3 is 6.09 Å². The van der Waals surface area contributed by atoms with Crippen LogP contribution in [0.15, 0.2) is 0 Å². The molecule has 18 heavy (non-hydrogen) atoms. The molecule has 0 aromatic carbocycles. The highest BCUT2D eigenvalue weighted by Crippen LogP contribution is 2.45. The second-order valence-electron chi connectivity index (χ2n) is 6.81. The fourth-order valence-electron chi connectivity index (χ4n) is 2.96. The van der Waals surface area contributed by atoms with Gasteiger partial charge in [-0.3, -0.25) is 4.90 Å². The average Bonchev–Trinajstić information content (AvgIpc) is 3.02. The second-order valence-corrected chi connectivity index (χ2v) is 6.81. The molecule has 2 aliphatic rings. The van der Waals surface area contributed by atoms with Gasteiger partial charge in [0.05, 0.1) is 6.17 Å². The molecule has 0 spiro atoms. The lowest BCUT2D eigenvalue weighted by molar-refractivity contribution is -0.00953. The first-order valence-corrected chi connectivity index (χ1v) is 7.05. The monoisotopic (exact) mass is 254 g/mol. The molecule has 1 aliphatic carbocycles. The largest absolute Gasteiger partial charge is 0.444 e. The standard InChI is InChI=1S/C14H26N2O2/c1-9-11(10-5-6-10)7-8-16(12(9)15)13(17)18-14(2,3)4/h9-12H,5-8,15H2,1-4H3. The third-order valence-electron chi connectivity index (χ3n) is 4.13. The van der Waals surface area contributed by atoms with E-state index in [1.165, 1.54) is 12.8 Å². The Morgan fingerprint density at radius 2 is 1.89 bits per heavy atom. The minimum absolute atomic E-state index is 0.195. The van der Waals surface area contributed by atoms with Crippen LogP contribution in [0.2, 0.25) is 0 Å². The van der Waals surface area contributed by atoms with Crippen molar-refractivity contribution < 1.29 is 9.53 Å². The van der Waals surface area contributed by atoms with Crippen LogP contribution in [0.1, 0.15) is 47.0 Å². The molecule has 4 heteroatoms. The van der Waals surface area contributed by atoms with Crippen LogP contribution in [-0.2, 0) is 4.74 Å². The lowest BCUT2D eigenvalue weighted by atomic mass is 9.81. The van der Waals surface area contributed by atoms with E-state index in [2.05, 4.69) is 6.92 Å². The van der Waals surface area contributed by atoms with Gasteiger partial charge in [0.25, 0.3) is 0 Å². The Hall–Kier alpha value is -0.770. The summed E-state index contributed by atoms with van der Waals surface area (Å²) in [5.41, 5.74) is 5.77. The number of carbonyl (C=O) groups is 1. The molecule has 2 rings (SSSR count). The van der Waals surface area contributed by atoms with Gasteiger partial charge in [-0.15, -0.1) is 0 Å². The SMILES string of the molecule is CC1C(C2CC2)CCN(C(=O)OC(C)(C)C)C1N. The van der Waals surface area contributed by atoms with Gasteiger partial charge in [0.1, 0.15) is 5.60 Å². The number of carbonyl (C=O) groups excluding carboxylic acids is 1. The van der Waals surface area contributed by atoms with Crippen molar-refractivity contribution in [2.45, 2.75) is 58.7 Å². The maximum Gasteiger partial charge on any atom is 0.411 e. The van der Waals surface area contributed by atoms with Crippen molar-refractivity contribution in [2.75, 3.05) is 6.54 Å². The van der Waals surface area contributed by atoms with Crippen molar-refractivity contribution in [3.63, 3.8) is 0 Å². The molecule has 1 saturated heterocycles. The highest BCUT2D eigenvalue weighted by Gasteiger charge is 2.43. The number of hydrogen-bond acceptors (Lipinski definition) is 3. The lowest BCUT2D eigenvalue weighted by Gasteiger charge is -2.42. The van der Waals surface area contributed by atoms with Gasteiger partial charge in [-0.2, -0.15) is 0 Å². The molecule has 0 bridgehead atoms. The van der Waals surface area contributed by atoms with Gasteiger partial charge in [-0.05, 0) is 57.8 Å². The number of piperidine rings is 1. The highest BCUT2D eigenvalue weighted by molar-refractivity contribution is 5.68. The molecule has 2 fully saturated rings. The molecule has 4 nitrogen and oxygen atoms in total. The van der Waals surface area contributed by atoms with E-state index >= 15 is 0 Å². The molecule has 1 heterocycles. The smallest absolute Gasteiger partial charge is 0.411 e. The van der Waals surface area contributed by atoms with E-state index in [-0.39, 0.29) is 12.3 Å². The molecule has 104 valence electrons. The summed E-state index contributed by atoms with van der Waals surface area (Å²) >= 11 is 0. The summed E-state index contributed by atoms with van der Waals surface area (Å²) in [6, 6.07) is 0. The fourth-order valence-corrected chi connectivity index (χ4v) is 2.96. The van der Waals surface area contributed by atoms with E-state index in [0.29, 0.717) is 11.8 Å². The molecule has 0 aromatic heterocycles. The zero-order valence-corrected chi connectivity index (χ0v) is 12.0. The Morgan fingerprint density at radius 1 is 1.28 bits per heavy atom. The molecular formula is C14H26N2O2. The zero-order valence-electron chi connectivity index (χ0n) is 12.0. The van der Waals surface area contributed by atoms with Crippen LogP contribution >= 0.6 is 0 Å². The maximum absolute atomic E-state index is 12.1. The summed E-state index contributed by atoms with van der Waals surface area (Å²) in [6.45, 7) is 8.57. The predicted molar refractivity (Wildman–Crippen MR) is 70.9 cm³/mol. The quantitative estimate of drug-likeness (QED) is 0.782. The highest BCUT2D eigenvalue weighted by atomic mass is 16.6. The number of nitrogens with two attached hydrogens (primary N) is 1. The van der Waals surface area contributed by atoms with Crippen molar-refractivity contribution in [3.8, 4) is 0 Å². The van der Waals surface area contributed by atoms with E-state index in [4.69, 9.17) is 10.5 Å². The Labute approximate surface area is 110 Å². The summed E-state index contributed by atoms with van der Waals surface area (Å²) in [5.74, 6) is 1.92. The minimum atomic E-state index is -0.451. The van der Waals surface area contributed by atoms with Gasteiger partial charge in [0.15, 0.2) is 0 Å². The average molecular weight is 254 g/mol. The van der Waals surface area contributed by atoms with Crippen LogP contribution in [0, 0.1) is 17.8 Å². The number of hydrogen-bond donors (Lipinski definition) is 1.